The molecular weight excluding hydrogens is 304 g/mol. The van der Waals surface area contributed by atoms with Crippen molar-refractivity contribution >= 4 is 11.7 Å². The van der Waals surface area contributed by atoms with Gasteiger partial charge in [-0.25, -0.2) is 0 Å². The van der Waals surface area contributed by atoms with Crippen LogP contribution in [0, 0.1) is 5.92 Å². The second-order valence-electron chi connectivity index (χ2n) is 6.88. The Labute approximate surface area is 143 Å². The average molecular weight is 330 g/mol. The second-order valence-corrected chi connectivity index (χ2v) is 6.88. The molecule has 0 radical (unpaired) electrons. The molecule has 5 heteroatoms. The topological polar surface area (TPSA) is 58.6 Å². The van der Waals surface area contributed by atoms with Crippen LogP contribution in [0.1, 0.15) is 43.0 Å². The maximum atomic E-state index is 12.3. The number of likely N-dealkylation sites (tertiary alicyclic amines) is 1. The predicted molar refractivity (Wildman–Crippen MR) is 92.3 cm³/mol. The number of rotatable bonds is 7. The number of amides is 1. The summed E-state index contributed by atoms with van der Waals surface area (Å²) in [6.07, 6.45) is 4.76. The molecular formula is C19H26N2O3. The number of hydrogen-bond acceptors (Lipinski definition) is 4. The molecule has 0 bridgehead atoms. The Kier molecular flexibility index (Phi) is 5.51. The average Bonchev–Trinajstić information content (AvgIpc) is 3.43. The van der Waals surface area contributed by atoms with Crippen molar-refractivity contribution in [3.63, 3.8) is 0 Å². The van der Waals surface area contributed by atoms with Gasteiger partial charge in [-0.2, -0.15) is 0 Å². The summed E-state index contributed by atoms with van der Waals surface area (Å²) in [5.41, 5.74) is 0.600. The maximum absolute atomic E-state index is 12.3. The number of carbonyl (C=O) groups is 2. The number of piperidine rings is 1. The van der Waals surface area contributed by atoms with E-state index in [1.54, 1.807) is 24.3 Å². The zero-order valence-corrected chi connectivity index (χ0v) is 14.3. The quantitative estimate of drug-likeness (QED) is 0.779. The highest BCUT2D eigenvalue weighted by atomic mass is 16.5. The van der Waals surface area contributed by atoms with Gasteiger partial charge >= 0.3 is 0 Å². The van der Waals surface area contributed by atoms with Gasteiger partial charge in [0, 0.05) is 24.7 Å². The minimum atomic E-state index is -0.00690. The van der Waals surface area contributed by atoms with Crippen LogP contribution in [0.25, 0.3) is 0 Å². The van der Waals surface area contributed by atoms with Crippen LogP contribution < -0.4 is 10.1 Å². The molecule has 2 fully saturated rings. The summed E-state index contributed by atoms with van der Waals surface area (Å²) >= 11 is 0. The van der Waals surface area contributed by atoms with Gasteiger partial charge in [0.2, 0.25) is 0 Å². The first kappa shape index (κ1) is 17.0. The first-order valence-electron chi connectivity index (χ1n) is 8.87. The number of nitrogens with zero attached hydrogens (tertiary/aromatic N) is 1. The molecule has 130 valence electrons. The van der Waals surface area contributed by atoms with Crippen molar-refractivity contribution in [1.29, 1.82) is 0 Å². The van der Waals surface area contributed by atoms with Crippen LogP contribution in [0.2, 0.25) is 0 Å². The fourth-order valence-corrected chi connectivity index (χ4v) is 3.03. The first-order chi connectivity index (χ1) is 11.6. The molecule has 1 aromatic carbocycles. The monoisotopic (exact) mass is 330 g/mol. The molecule has 1 aliphatic heterocycles. The molecule has 1 amide bonds. The van der Waals surface area contributed by atoms with Crippen molar-refractivity contribution in [3.05, 3.63) is 29.8 Å². The van der Waals surface area contributed by atoms with E-state index in [1.165, 1.54) is 19.8 Å². The van der Waals surface area contributed by atoms with E-state index in [0.717, 1.165) is 38.4 Å². The summed E-state index contributed by atoms with van der Waals surface area (Å²) in [6.45, 7) is 4.26. The van der Waals surface area contributed by atoms with Crippen LogP contribution in [0.5, 0.6) is 5.75 Å². The van der Waals surface area contributed by atoms with E-state index in [-0.39, 0.29) is 18.3 Å². The smallest absolute Gasteiger partial charge is 0.260 e. The Balaban J connectivity index is 1.40. The maximum Gasteiger partial charge on any atom is 0.260 e. The summed E-state index contributed by atoms with van der Waals surface area (Å²) in [5, 5.41) is 3.62. The van der Waals surface area contributed by atoms with Crippen LogP contribution in [-0.2, 0) is 4.79 Å². The lowest BCUT2D eigenvalue weighted by molar-refractivity contribution is -0.134. The van der Waals surface area contributed by atoms with Crippen LogP contribution >= 0.6 is 0 Å². The third-order valence-corrected chi connectivity index (χ3v) is 4.84. The van der Waals surface area contributed by atoms with E-state index in [9.17, 15) is 9.59 Å². The number of ketones is 1. The van der Waals surface area contributed by atoms with Crippen molar-refractivity contribution < 1.29 is 14.3 Å². The summed E-state index contributed by atoms with van der Waals surface area (Å²) in [4.78, 5) is 25.5. The molecule has 1 saturated carbocycles. The number of ether oxygens (including phenoxy) is 1. The van der Waals surface area contributed by atoms with Crippen molar-refractivity contribution in [1.82, 2.24) is 10.2 Å². The van der Waals surface area contributed by atoms with Gasteiger partial charge in [-0.3, -0.25) is 9.59 Å². The van der Waals surface area contributed by atoms with Gasteiger partial charge in [-0.1, -0.05) is 12.1 Å². The zero-order valence-electron chi connectivity index (χ0n) is 14.3. The van der Waals surface area contributed by atoms with E-state index in [4.69, 9.17) is 4.74 Å². The van der Waals surface area contributed by atoms with E-state index >= 15 is 0 Å². The predicted octanol–water partition coefficient (Wildman–Crippen LogP) is 2.26. The van der Waals surface area contributed by atoms with Gasteiger partial charge in [0.1, 0.15) is 5.75 Å². The molecule has 1 N–H and O–H groups in total. The van der Waals surface area contributed by atoms with E-state index in [2.05, 4.69) is 5.32 Å². The van der Waals surface area contributed by atoms with Crippen LogP contribution in [-0.4, -0.2) is 48.9 Å². The third-order valence-electron chi connectivity index (χ3n) is 4.84. The molecule has 1 heterocycles. The largest absolute Gasteiger partial charge is 0.484 e. The number of Topliss-reactive ketones (excluding diaryl/α,β-unsaturated/α-hetero) is 1. The molecule has 3 rings (SSSR count). The van der Waals surface area contributed by atoms with Crippen molar-refractivity contribution in [3.8, 4) is 5.75 Å². The molecule has 24 heavy (non-hydrogen) atoms. The van der Waals surface area contributed by atoms with Gasteiger partial charge in [0.25, 0.3) is 5.91 Å². The second kappa shape index (κ2) is 7.79. The Morgan fingerprint density at radius 2 is 1.96 bits per heavy atom. The van der Waals surface area contributed by atoms with Gasteiger partial charge in [0.05, 0.1) is 0 Å². The minimum absolute atomic E-state index is 0.00690. The van der Waals surface area contributed by atoms with E-state index in [0.29, 0.717) is 17.4 Å². The minimum Gasteiger partial charge on any atom is -0.484 e. The number of benzene rings is 1. The van der Waals surface area contributed by atoms with Crippen LogP contribution in [0.3, 0.4) is 0 Å². The fraction of sp³-hybridized carbons (Fsp3) is 0.579. The Bertz CT molecular complexity index is 590. The SMILES string of the molecule is CC(=O)c1cccc(OCC(=O)N2CCC(NCC3CC3)CC2)c1. The number of nitrogens with one attached hydrogen (secondary N) is 1. The van der Waals surface area contributed by atoms with Gasteiger partial charge < -0.3 is 15.0 Å². The molecule has 1 saturated heterocycles. The molecule has 0 unspecified atom stereocenters. The summed E-state index contributed by atoms with van der Waals surface area (Å²) in [6, 6.07) is 7.52. The van der Waals surface area contributed by atoms with Crippen molar-refractivity contribution in [2.24, 2.45) is 5.92 Å². The zero-order chi connectivity index (χ0) is 16.9. The Morgan fingerprint density at radius 3 is 2.62 bits per heavy atom. The van der Waals surface area contributed by atoms with Crippen LogP contribution in [0.4, 0.5) is 0 Å². The third kappa shape index (κ3) is 4.81. The lowest BCUT2D eigenvalue weighted by Crippen LogP contribution is -2.46. The standard InChI is InChI=1S/C19H26N2O3/c1-14(22)16-3-2-4-18(11-16)24-13-19(23)21-9-7-17(8-10-21)20-12-15-5-6-15/h2-4,11,15,17,20H,5-10,12-13H2,1H3. The first-order valence-corrected chi connectivity index (χ1v) is 8.87. The van der Waals surface area contributed by atoms with E-state index in [1.807, 2.05) is 4.90 Å². The Hall–Kier alpha value is -1.88. The summed E-state index contributed by atoms with van der Waals surface area (Å²) < 4.78 is 5.57. The van der Waals surface area contributed by atoms with Crippen molar-refractivity contribution in [2.75, 3.05) is 26.2 Å². The molecule has 5 nitrogen and oxygen atoms in total. The highest BCUT2D eigenvalue weighted by Gasteiger charge is 2.26. The van der Waals surface area contributed by atoms with Crippen molar-refractivity contribution in [2.45, 2.75) is 38.6 Å². The van der Waals surface area contributed by atoms with Gasteiger partial charge in [-0.15, -0.1) is 0 Å². The lowest BCUT2D eigenvalue weighted by Gasteiger charge is -2.32. The van der Waals surface area contributed by atoms with E-state index < -0.39 is 0 Å². The highest BCUT2D eigenvalue weighted by molar-refractivity contribution is 5.94. The molecule has 0 spiro atoms. The number of hydrogen-bond donors (Lipinski definition) is 1. The normalized spacial score (nSPS) is 18.5. The molecule has 0 aromatic heterocycles. The van der Waals surface area contributed by atoms with Gasteiger partial charge in [0.15, 0.2) is 12.4 Å². The molecule has 0 atom stereocenters. The van der Waals surface area contributed by atoms with Crippen LogP contribution in [0.15, 0.2) is 24.3 Å². The highest BCUT2D eigenvalue weighted by Crippen LogP contribution is 2.28. The molecule has 1 aromatic rings. The fourth-order valence-electron chi connectivity index (χ4n) is 3.03. The Morgan fingerprint density at radius 1 is 1.21 bits per heavy atom. The lowest BCUT2D eigenvalue weighted by atomic mass is 10.0. The summed E-state index contributed by atoms with van der Waals surface area (Å²) in [7, 11) is 0. The summed E-state index contributed by atoms with van der Waals surface area (Å²) in [5.74, 6) is 1.47. The van der Waals surface area contributed by atoms with Gasteiger partial charge in [-0.05, 0) is 57.2 Å². The number of carbonyl (C=O) groups excluding carboxylic acids is 2. The molecule has 1 aliphatic carbocycles. The molecule has 2 aliphatic rings.